The molecule has 118 valence electrons. The van der Waals surface area contributed by atoms with Crippen molar-refractivity contribution in [1.82, 2.24) is 14.8 Å². The van der Waals surface area contributed by atoms with Crippen molar-refractivity contribution in [2.45, 2.75) is 25.7 Å². The van der Waals surface area contributed by atoms with Crippen LogP contribution in [0.5, 0.6) is 0 Å². The lowest BCUT2D eigenvalue weighted by Crippen LogP contribution is -2.05. The molecule has 2 rings (SSSR count). The number of nitro benzene ring substituents is 1. The van der Waals surface area contributed by atoms with E-state index >= 15 is 0 Å². The van der Waals surface area contributed by atoms with E-state index in [-0.39, 0.29) is 12.3 Å². The van der Waals surface area contributed by atoms with Crippen molar-refractivity contribution in [3.8, 4) is 5.69 Å². The zero-order chi connectivity index (χ0) is 15.8. The van der Waals surface area contributed by atoms with Crippen LogP contribution in [0, 0.1) is 10.1 Å². The summed E-state index contributed by atoms with van der Waals surface area (Å²) in [6.45, 7) is 0.873. The molecule has 0 aliphatic rings. The normalized spacial score (nSPS) is 10.6. The van der Waals surface area contributed by atoms with Gasteiger partial charge in [-0.2, -0.15) is 5.10 Å². The summed E-state index contributed by atoms with van der Waals surface area (Å²) < 4.78 is 1.48. The highest BCUT2D eigenvalue weighted by Crippen LogP contribution is 2.26. The Morgan fingerprint density at radius 1 is 1.27 bits per heavy atom. The highest BCUT2D eigenvalue weighted by Gasteiger charge is 2.15. The minimum Gasteiger partial charge on any atom is -0.396 e. The van der Waals surface area contributed by atoms with Crippen LogP contribution in [0.3, 0.4) is 0 Å². The minimum absolute atomic E-state index is 0.0170. The molecule has 2 N–H and O–H groups in total. The fourth-order valence-electron chi connectivity index (χ4n) is 2.12. The van der Waals surface area contributed by atoms with Crippen LogP contribution < -0.4 is 5.32 Å². The second kappa shape index (κ2) is 8.08. The molecule has 8 nitrogen and oxygen atoms in total. The van der Waals surface area contributed by atoms with Gasteiger partial charge in [0.2, 0.25) is 0 Å². The van der Waals surface area contributed by atoms with Crippen LogP contribution >= 0.6 is 0 Å². The van der Waals surface area contributed by atoms with Crippen LogP contribution in [-0.2, 0) is 0 Å². The molecule has 0 bridgehead atoms. The first-order valence-electron chi connectivity index (χ1n) is 7.20. The summed E-state index contributed by atoms with van der Waals surface area (Å²) in [5.74, 6) is 0. The van der Waals surface area contributed by atoms with Gasteiger partial charge in [0, 0.05) is 19.2 Å². The number of nitrogens with zero attached hydrogens (tertiary/aromatic N) is 4. The molecule has 0 saturated carbocycles. The standard InChI is InChI=1S/C14H19N5O3/c20-8-4-2-1-3-7-16-13-6-5-12(9-14(13)19(21)22)18-11-15-10-17-18/h5-6,9-11,16,20H,1-4,7-8H2. The molecule has 2 aromatic rings. The first-order chi connectivity index (χ1) is 10.7. The van der Waals surface area contributed by atoms with Gasteiger partial charge in [0.1, 0.15) is 18.3 Å². The van der Waals surface area contributed by atoms with Crippen LogP contribution in [0.2, 0.25) is 0 Å². The fraction of sp³-hybridized carbons (Fsp3) is 0.429. The van der Waals surface area contributed by atoms with Gasteiger partial charge in [-0.1, -0.05) is 12.8 Å². The van der Waals surface area contributed by atoms with Crippen LogP contribution in [0.4, 0.5) is 11.4 Å². The number of nitro groups is 1. The number of benzene rings is 1. The highest BCUT2D eigenvalue weighted by atomic mass is 16.6. The summed E-state index contributed by atoms with van der Waals surface area (Å²) in [6.07, 6.45) is 6.52. The van der Waals surface area contributed by atoms with Gasteiger partial charge in [0.05, 0.1) is 10.6 Å². The van der Waals surface area contributed by atoms with Gasteiger partial charge in [-0.25, -0.2) is 9.67 Å². The van der Waals surface area contributed by atoms with Crippen LogP contribution in [0.25, 0.3) is 5.69 Å². The predicted octanol–water partition coefficient (Wildman–Crippen LogP) is 2.14. The van der Waals surface area contributed by atoms with Gasteiger partial charge < -0.3 is 10.4 Å². The molecule has 1 heterocycles. The first kappa shape index (κ1) is 15.9. The molecule has 0 amide bonds. The van der Waals surface area contributed by atoms with Crippen LogP contribution in [-0.4, -0.2) is 37.9 Å². The second-order valence-electron chi connectivity index (χ2n) is 4.86. The fourth-order valence-corrected chi connectivity index (χ4v) is 2.12. The monoisotopic (exact) mass is 305 g/mol. The van der Waals surface area contributed by atoms with Gasteiger partial charge in [0.15, 0.2) is 0 Å². The van der Waals surface area contributed by atoms with E-state index in [2.05, 4.69) is 15.4 Å². The van der Waals surface area contributed by atoms with E-state index in [1.807, 2.05) is 0 Å². The quantitative estimate of drug-likeness (QED) is 0.417. The molecule has 0 fully saturated rings. The summed E-state index contributed by atoms with van der Waals surface area (Å²) in [4.78, 5) is 14.6. The Hall–Kier alpha value is -2.48. The van der Waals surface area contributed by atoms with Crippen molar-refractivity contribution in [3.63, 3.8) is 0 Å². The number of nitrogens with one attached hydrogen (secondary N) is 1. The van der Waals surface area contributed by atoms with Crippen LogP contribution in [0.15, 0.2) is 30.9 Å². The SMILES string of the molecule is O=[N+]([O-])c1cc(-n2cncn2)ccc1NCCCCCCO. The molecule has 8 heteroatoms. The lowest BCUT2D eigenvalue weighted by molar-refractivity contribution is -0.383. The average molecular weight is 305 g/mol. The van der Waals surface area contributed by atoms with Gasteiger partial charge in [0.25, 0.3) is 5.69 Å². The van der Waals surface area contributed by atoms with E-state index in [1.54, 1.807) is 12.1 Å². The molecule has 0 aliphatic heterocycles. The molecule has 0 spiro atoms. The Labute approximate surface area is 128 Å². The Morgan fingerprint density at radius 3 is 2.77 bits per heavy atom. The summed E-state index contributed by atoms with van der Waals surface area (Å²) in [6, 6.07) is 4.92. The lowest BCUT2D eigenvalue weighted by Gasteiger charge is -2.08. The number of rotatable bonds is 9. The van der Waals surface area contributed by atoms with E-state index in [9.17, 15) is 10.1 Å². The maximum absolute atomic E-state index is 11.2. The smallest absolute Gasteiger partial charge is 0.294 e. The third kappa shape index (κ3) is 4.26. The van der Waals surface area contributed by atoms with Crippen molar-refractivity contribution in [3.05, 3.63) is 41.0 Å². The van der Waals surface area contributed by atoms with Gasteiger partial charge in [-0.15, -0.1) is 0 Å². The molecule has 0 unspecified atom stereocenters. The molecule has 0 radical (unpaired) electrons. The summed E-state index contributed by atoms with van der Waals surface area (Å²) in [7, 11) is 0. The predicted molar refractivity (Wildman–Crippen MR) is 82.1 cm³/mol. The van der Waals surface area contributed by atoms with Crippen molar-refractivity contribution in [2.75, 3.05) is 18.5 Å². The molecule has 22 heavy (non-hydrogen) atoms. The molecule has 1 aromatic heterocycles. The number of anilines is 1. The number of hydrogen-bond acceptors (Lipinski definition) is 6. The summed E-state index contributed by atoms with van der Waals surface area (Å²) in [5, 5.41) is 27.0. The summed E-state index contributed by atoms with van der Waals surface area (Å²) >= 11 is 0. The second-order valence-corrected chi connectivity index (χ2v) is 4.86. The van der Waals surface area contributed by atoms with E-state index < -0.39 is 4.92 Å². The molecule has 0 saturated heterocycles. The van der Waals surface area contributed by atoms with Crippen molar-refractivity contribution in [1.29, 1.82) is 0 Å². The van der Waals surface area contributed by atoms with Crippen molar-refractivity contribution < 1.29 is 10.0 Å². The minimum atomic E-state index is -0.408. The summed E-state index contributed by atoms with van der Waals surface area (Å²) in [5.41, 5.74) is 1.11. The average Bonchev–Trinajstić information content (AvgIpc) is 3.05. The van der Waals surface area contributed by atoms with Crippen LogP contribution in [0.1, 0.15) is 25.7 Å². The maximum Gasteiger partial charge on any atom is 0.294 e. The Bertz CT molecular complexity index is 601. The Morgan fingerprint density at radius 2 is 2.09 bits per heavy atom. The molecule has 0 aliphatic carbocycles. The molecule has 1 aromatic carbocycles. The third-order valence-electron chi connectivity index (χ3n) is 3.26. The number of aliphatic hydroxyl groups excluding tert-OH is 1. The van der Waals surface area contributed by atoms with E-state index in [0.29, 0.717) is 17.9 Å². The number of unbranched alkanes of at least 4 members (excludes halogenated alkanes) is 3. The first-order valence-corrected chi connectivity index (χ1v) is 7.20. The number of aromatic nitrogens is 3. The van der Waals surface area contributed by atoms with Gasteiger partial charge >= 0.3 is 0 Å². The molecular weight excluding hydrogens is 286 g/mol. The third-order valence-corrected chi connectivity index (χ3v) is 3.26. The largest absolute Gasteiger partial charge is 0.396 e. The number of aliphatic hydroxyl groups is 1. The zero-order valence-corrected chi connectivity index (χ0v) is 12.2. The Kier molecular flexibility index (Phi) is 5.84. The number of hydrogen-bond donors (Lipinski definition) is 2. The van der Waals surface area contributed by atoms with Gasteiger partial charge in [-0.05, 0) is 25.0 Å². The Balaban J connectivity index is 2.00. The van der Waals surface area contributed by atoms with Crippen molar-refractivity contribution >= 4 is 11.4 Å². The lowest BCUT2D eigenvalue weighted by atomic mass is 10.2. The van der Waals surface area contributed by atoms with E-state index in [4.69, 9.17) is 5.11 Å². The maximum atomic E-state index is 11.2. The zero-order valence-electron chi connectivity index (χ0n) is 12.2. The van der Waals surface area contributed by atoms with E-state index in [0.717, 1.165) is 25.7 Å². The highest BCUT2D eigenvalue weighted by molar-refractivity contribution is 5.65. The van der Waals surface area contributed by atoms with Gasteiger partial charge in [-0.3, -0.25) is 10.1 Å². The topological polar surface area (TPSA) is 106 Å². The van der Waals surface area contributed by atoms with Crippen molar-refractivity contribution in [2.24, 2.45) is 0 Å². The molecular formula is C14H19N5O3. The van der Waals surface area contributed by atoms with E-state index in [1.165, 1.54) is 23.4 Å². The molecule has 0 atom stereocenters.